The molecule has 0 aromatic heterocycles. The molecule has 0 heterocycles. The minimum Gasteiger partial charge on any atom is -0.497 e. The number of carbonyl (C=O) groups excluding carboxylic acids is 1. The number of carbonyl (C=O) groups is 1. The molecule has 4 N–H and O–H groups in total. The zero-order valence-corrected chi connectivity index (χ0v) is 67.5. The third-order valence-electron chi connectivity index (χ3n) is 16.5. The van der Waals surface area contributed by atoms with Crippen molar-refractivity contribution in [3.63, 3.8) is 0 Å². The highest BCUT2D eigenvalue weighted by Gasteiger charge is 2.01. The first kappa shape index (κ1) is 90.9. The fourth-order valence-electron chi connectivity index (χ4n) is 10.0. The Balaban J connectivity index is 0.000000216. The Hall–Kier alpha value is -12.3. The minimum absolute atomic E-state index is 0.557. The van der Waals surface area contributed by atoms with Crippen LogP contribution in [0.15, 0.2) is 293 Å². The van der Waals surface area contributed by atoms with Crippen molar-refractivity contribution >= 4 is 114 Å². The molecule has 602 valence electrons. The van der Waals surface area contributed by atoms with E-state index in [1.165, 1.54) is 11.1 Å². The van der Waals surface area contributed by atoms with Gasteiger partial charge in [-0.3, -0.25) is 54.7 Å². The number of nitrogen functional groups attached to an aromatic ring is 2. The van der Waals surface area contributed by atoms with Crippen LogP contribution < -0.4 is 16.2 Å². The van der Waals surface area contributed by atoms with Gasteiger partial charge < -0.3 is 44.6 Å². The molecule has 0 saturated heterocycles. The molecule has 0 unspecified atom stereocenters. The maximum absolute atomic E-state index is 10.6. The third kappa shape index (κ3) is 41.5. The number of aldehydes is 1. The summed E-state index contributed by atoms with van der Waals surface area (Å²) in [6.07, 6.45) is 22.9. The van der Waals surface area contributed by atoms with E-state index >= 15 is 0 Å². The predicted octanol–water partition coefficient (Wildman–Crippen LogP) is 19.5. The third-order valence-corrected chi connectivity index (χ3v) is 16.5. The van der Waals surface area contributed by atoms with E-state index in [1.54, 1.807) is 25.5 Å². The van der Waals surface area contributed by atoms with Crippen LogP contribution in [0.3, 0.4) is 0 Å². The number of hydrogen-bond donors (Lipinski definition) is 2. The summed E-state index contributed by atoms with van der Waals surface area (Å²) in [5.74, 6) is 0.843. The van der Waals surface area contributed by atoms with Gasteiger partial charge in [0.15, 0.2) is 0 Å². The number of methoxy groups -OCH3 is 1. The lowest BCUT2D eigenvalue weighted by Gasteiger charge is -2.06. The molecule has 0 atom stereocenters. The summed E-state index contributed by atoms with van der Waals surface area (Å²) in [5, 5.41) is 0. The van der Waals surface area contributed by atoms with Crippen LogP contribution in [-0.4, -0.2) is 181 Å². The summed E-state index contributed by atoms with van der Waals surface area (Å²) >= 11 is 0. The van der Waals surface area contributed by atoms with E-state index in [0.717, 1.165) is 154 Å². The highest BCUT2D eigenvalue weighted by Crippen LogP contribution is 2.22. The van der Waals surface area contributed by atoms with Gasteiger partial charge in [-0.15, -0.1) is 0 Å². The van der Waals surface area contributed by atoms with Crippen molar-refractivity contribution in [1.82, 2.24) is 0 Å². The maximum atomic E-state index is 10.6. The van der Waals surface area contributed by atoms with Gasteiger partial charge in [0, 0.05) is 125 Å². The van der Waals surface area contributed by atoms with Crippen LogP contribution in [0.1, 0.15) is 106 Å². The molecule has 116 heavy (non-hydrogen) atoms. The Kier molecular flexibility index (Phi) is 45.2. The number of aliphatic imine (C=N–C) groups is 10. The first-order valence-corrected chi connectivity index (χ1v) is 39.0. The van der Waals surface area contributed by atoms with Crippen molar-refractivity contribution in [1.29, 1.82) is 0 Å². The zero-order chi connectivity index (χ0) is 81.8. The van der Waals surface area contributed by atoms with Gasteiger partial charge in [0.05, 0.1) is 94.1 Å². The van der Waals surface area contributed by atoms with Crippen molar-refractivity contribution in [2.24, 2.45) is 49.9 Å². The summed E-state index contributed by atoms with van der Waals surface area (Å²) in [4.78, 5) is 54.6. The van der Waals surface area contributed by atoms with Crippen LogP contribution in [0, 0.1) is 13.8 Å². The van der Waals surface area contributed by atoms with Gasteiger partial charge in [0.1, 0.15) is 12.0 Å². The smallest absolute Gasteiger partial charge is 0.150 e. The molecular formula is C96H110N12O8. The molecule has 0 spiro atoms. The van der Waals surface area contributed by atoms with Crippen molar-refractivity contribution in [2.45, 2.75) is 53.4 Å². The Morgan fingerprint density at radius 1 is 0.259 bits per heavy atom. The van der Waals surface area contributed by atoms with Crippen molar-refractivity contribution in [3.05, 3.63) is 304 Å². The quantitative estimate of drug-likeness (QED) is 0.0158. The number of benzene rings is 10. The number of nitrogens with two attached hydrogens (primary N) is 2. The average molecular weight is 1560 g/mol. The standard InChI is InChI=1S/C30H26N4.C26H34N2O5.C20H18N4.C20H32N2O3/c1-3-31-27-12-14-28(15-13-27)33-21-25-8-10-26(11-9-25)22-34-30-18-16-29(17-19-30)32-20-24-6-4-23(2)5-7-24;1-30-26-10-8-24(9-11-26)21-28-13-3-15-32-17-19-33-18-16-31-14-2-12-27-20-23-4-6-25(22-29)7-5-23;21-17-5-9-19(10-6-17)23-13-15-1-2-16(4-3-15)14-24-20-11-7-18(22)8-12-20;1-3-21-10-4-12-23-14-16-25-17-15-24-13-5-11-22-18-20-8-6-19(2)7-9-20/h3-22H,1-2H3;4-11,20-22H,2-3,12-19H2,1H3;1-14H,21-22H2;3,6-9,18H,4-5,10-17H2,1-2H3. The van der Waals surface area contributed by atoms with Gasteiger partial charge in [0.2, 0.25) is 0 Å². The second kappa shape index (κ2) is 57.7. The highest BCUT2D eigenvalue weighted by atomic mass is 16.5. The van der Waals surface area contributed by atoms with Crippen LogP contribution in [0.2, 0.25) is 0 Å². The van der Waals surface area contributed by atoms with E-state index in [2.05, 4.69) is 112 Å². The van der Waals surface area contributed by atoms with Crippen LogP contribution in [0.25, 0.3) is 0 Å². The van der Waals surface area contributed by atoms with Crippen LogP contribution in [0.4, 0.5) is 45.5 Å². The second-order valence-electron chi connectivity index (χ2n) is 26.0. The molecule has 0 aliphatic carbocycles. The molecule has 0 bridgehead atoms. The summed E-state index contributed by atoms with van der Waals surface area (Å²) in [6.45, 7) is 18.5. The molecule has 10 rings (SSSR count). The van der Waals surface area contributed by atoms with Crippen molar-refractivity contribution in [3.8, 4) is 5.75 Å². The van der Waals surface area contributed by atoms with Gasteiger partial charge in [-0.05, 0) is 225 Å². The molecule has 20 nitrogen and oxygen atoms in total. The van der Waals surface area contributed by atoms with Crippen LogP contribution >= 0.6 is 0 Å². The SMILES string of the molecule is CC=NCCCOCCOCCOCCCN=Cc1ccc(C)cc1.CC=Nc1ccc(N=Cc2ccc(C=Nc3ccc(N=Cc4ccc(C)cc4)cc3)cc2)cc1.COc1ccc(C=NCCCOCCOCCOCCCN=Cc2ccc(C=O)cc2)cc1.Nc1ccc(N=Cc2ccc(C=Nc3ccc(N)cc3)cc2)cc1. The minimum atomic E-state index is 0.557. The number of aryl methyl sites for hydroxylation is 2. The van der Waals surface area contributed by atoms with Gasteiger partial charge in [-0.2, -0.15) is 0 Å². The lowest BCUT2D eigenvalue weighted by atomic mass is 10.1. The predicted molar refractivity (Wildman–Crippen MR) is 485 cm³/mol. The molecule has 20 heteroatoms. The normalized spacial score (nSPS) is 11.6. The summed E-state index contributed by atoms with van der Waals surface area (Å²) in [5.41, 5.74) is 29.7. The molecule has 0 amide bonds. The zero-order valence-electron chi connectivity index (χ0n) is 67.5. The average Bonchev–Trinajstić information content (AvgIpc) is 0.900. The Labute approximate surface area is 685 Å². The topological polar surface area (TPSA) is 257 Å². The van der Waals surface area contributed by atoms with Gasteiger partial charge in [0.25, 0.3) is 0 Å². The summed E-state index contributed by atoms with van der Waals surface area (Å²) < 4.78 is 38.1. The Bertz CT molecular complexity index is 4540. The molecule has 10 aromatic carbocycles. The lowest BCUT2D eigenvalue weighted by Crippen LogP contribution is -2.10. The Morgan fingerprint density at radius 3 is 0.741 bits per heavy atom. The van der Waals surface area contributed by atoms with E-state index in [0.29, 0.717) is 84.8 Å². The van der Waals surface area contributed by atoms with E-state index in [1.807, 2.05) is 252 Å². The second-order valence-corrected chi connectivity index (χ2v) is 26.0. The first-order chi connectivity index (χ1) is 57.0. The number of hydrogen-bond acceptors (Lipinski definition) is 20. The van der Waals surface area contributed by atoms with Crippen LogP contribution in [-0.2, 0) is 28.4 Å². The number of nitrogens with zero attached hydrogens (tertiary/aromatic N) is 10. The molecular weight excluding hydrogens is 1450 g/mol. The van der Waals surface area contributed by atoms with Gasteiger partial charge in [-0.25, -0.2) is 0 Å². The molecule has 10 aromatic rings. The van der Waals surface area contributed by atoms with Crippen LogP contribution in [0.5, 0.6) is 5.75 Å². The van der Waals surface area contributed by atoms with E-state index in [-0.39, 0.29) is 0 Å². The van der Waals surface area contributed by atoms with Gasteiger partial charge in [-0.1, -0.05) is 132 Å². The molecule has 0 saturated carbocycles. The van der Waals surface area contributed by atoms with E-state index < -0.39 is 0 Å². The maximum Gasteiger partial charge on any atom is 0.150 e. The fourth-order valence-corrected chi connectivity index (χ4v) is 10.0. The number of rotatable bonds is 44. The lowest BCUT2D eigenvalue weighted by molar-refractivity contribution is 0.0143. The van der Waals surface area contributed by atoms with E-state index in [4.69, 9.17) is 44.6 Å². The largest absolute Gasteiger partial charge is 0.497 e. The number of ether oxygens (including phenoxy) is 7. The van der Waals surface area contributed by atoms with Crippen molar-refractivity contribution < 1.29 is 38.0 Å². The van der Waals surface area contributed by atoms with E-state index in [9.17, 15) is 4.79 Å². The molecule has 0 aliphatic rings. The first-order valence-electron chi connectivity index (χ1n) is 39.0. The number of anilines is 2. The Morgan fingerprint density at radius 2 is 0.483 bits per heavy atom. The molecule has 0 radical (unpaired) electrons. The molecule has 0 fully saturated rings. The summed E-state index contributed by atoms with van der Waals surface area (Å²) in [7, 11) is 1.66. The highest BCUT2D eigenvalue weighted by molar-refractivity contribution is 5.88. The fraction of sp³-hybridized carbons (Fsp3) is 0.260. The van der Waals surface area contributed by atoms with Crippen molar-refractivity contribution in [2.75, 3.05) is 124 Å². The monoisotopic (exact) mass is 1560 g/mol. The summed E-state index contributed by atoms with van der Waals surface area (Å²) in [6, 6.07) is 78.5. The van der Waals surface area contributed by atoms with Gasteiger partial charge >= 0.3 is 0 Å². The molecule has 0 aliphatic heterocycles.